The number of likely N-dealkylation sites (N-methyl/N-ethyl adjacent to an activating group) is 4. The number of carbonyl (C=O) groups excluding carboxylic acids is 6. The Kier molecular flexibility index (Phi) is 31.3. The van der Waals surface area contributed by atoms with Crippen LogP contribution in [0.1, 0.15) is 154 Å². The van der Waals surface area contributed by atoms with Crippen molar-refractivity contribution in [1.29, 1.82) is 0 Å². The SMILES string of the molecule is C.C.C.C.CN=C(NC)[C@@H]1c2c(cnn2CCN)[C@@H]2CN1C(=O)N2OCc1ccccc1.CN=C(NC)[C@@H]1c2c(cnn2CCN=[N+]=[N-])[C@@H]2CN1C(=O)N2OCc1ccccc1.CN=C(NC)[C@@H]1c2c(cnn2CCNC(C)=O)[C@@H]2CN1C(=O)N2O.CN=C(NC)[C@@H]1c2c(cnn2CCNC(C)=O)[C@@H]2CN1C(=O)N2OCc1ccccc1. The molecular formula is C77H112N30O10. The zero-order valence-corrected chi connectivity index (χ0v) is 64.7. The second-order valence-corrected chi connectivity index (χ2v) is 27.0. The lowest BCUT2D eigenvalue weighted by molar-refractivity contribution is -0.141. The number of azide groups is 1. The van der Waals surface area contributed by atoms with Gasteiger partial charge in [0.15, 0.2) is 0 Å². The number of urea groups is 4. The molecule has 8 aliphatic heterocycles. The molecule has 4 fully saturated rings. The molecule has 7 aromatic rings. The number of hydrogen-bond acceptors (Lipinski definition) is 20. The molecule has 10 amide bonds. The number of aliphatic imine (C=N–C) groups is 4. The zero-order chi connectivity index (χ0) is 80.1. The van der Waals surface area contributed by atoms with Crippen molar-refractivity contribution in [2.75, 3.05) is 109 Å². The van der Waals surface area contributed by atoms with Gasteiger partial charge in [-0.2, -0.15) is 40.6 Å². The quantitative estimate of drug-likeness (QED) is 0.00776. The van der Waals surface area contributed by atoms with Crippen LogP contribution < -0.4 is 37.6 Å². The van der Waals surface area contributed by atoms with Crippen LogP contribution in [0.2, 0.25) is 0 Å². The number of hydroxylamine groups is 8. The van der Waals surface area contributed by atoms with Gasteiger partial charge in [0.1, 0.15) is 91.5 Å². The van der Waals surface area contributed by atoms with Gasteiger partial charge in [-0.3, -0.25) is 68.0 Å². The Balaban J connectivity index is 0.000000193. The standard InChI is InChI=1S/C21H27N7O3.C19H23N9O2.C19H25N7O2.C14H21N7O3.4CH4/c1-14(29)24-9-10-27-18-16(11-25-27)17-12-26(19(18)20(22-2)23-3)21(30)28(17)31-13-15-7-5-4-6-8-15;1-21-18(22-2)17-16-14(10-24-27(16)9-8-23-25-20)15-11-26(17)19(29)28(15)30-12-13-6-4-3-5-7-13;1-21-18(22-2)17-16-14(10-23-25(16)9-8-20)15-11-24(17)19(27)26(15)28-12-13-6-4-3-5-7-13;1-8(22)17-4-5-20-11-9(6-18-20)10-7-19(14(23)21(10)24)12(11)13(15-2)16-3;;;;/h4-8,11,17,19H,9-10,12-13H2,1-3H3,(H,22,23)(H,24,29);3-7,10,15,17H,8-9,11-12H2,1-2H3,(H,21,22);3-7,10,15,17H,8-9,11-12,20H2,1-2H3,(H,21,22);6,10,12,24H,4-5,7H2,1-3H3,(H,15,16)(H,17,22);4*1H4/t17-,19-;2*15-,17-;10-,12-;;;;/m0000..../s1. The molecule has 15 rings (SSSR count). The van der Waals surface area contributed by atoms with E-state index in [1.807, 2.05) is 114 Å². The summed E-state index contributed by atoms with van der Waals surface area (Å²) in [5, 5.41) is 54.7. The Morgan fingerprint density at radius 1 is 0.462 bits per heavy atom. The van der Waals surface area contributed by atoms with Crippen LogP contribution in [0.4, 0.5) is 19.2 Å². The van der Waals surface area contributed by atoms with Gasteiger partial charge in [0.25, 0.3) is 0 Å². The number of hydrogen-bond donors (Lipinski definition) is 8. The van der Waals surface area contributed by atoms with Gasteiger partial charge in [0.2, 0.25) is 11.8 Å². The van der Waals surface area contributed by atoms with Gasteiger partial charge in [-0.1, -0.05) is 126 Å². The lowest BCUT2D eigenvalue weighted by Crippen LogP contribution is -2.44. The van der Waals surface area contributed by atoms with E-state index in [4.69, 9.17) is 25.8 Å². The Labute approximate surface area is 681 Å². The fourth-order valence-electron chi connectivity index (χ4n) is 15.5. The van der Waals surface area contributed by atoms with Crippen molar-refractivity contribution in [3.63, 3.8) is 0 Å². The molecule has 0 spiro atoms. The Hall–Kier alpha value is -12.5. The molecular weight excluding hydrogens is 1510 g/mol. The smallest absolute Gasteiger partial charge is 0.345 e. The Bertz CT molecular complexity index is 4730. The largest absolute Gasteiger partial charge is 0.375 e. The summed E-state index contributed by atoms with van der Waals surface area (Å²) in [6.07, 6.45) is 7.04. The molecule has 0 aliphatic carbocycles. The van der Waals surface area contributed by atoms with Crippen molar-refractivity contribution in [3.05, 3.63) is 188 Å². The zero-order valence-electron chi connectivity index (χ0n) is 64.7. The van der Waals surface area contributed by atoms with E-state index >= 15 is 0 Å². The van der Waals surface area contributed by atoms with Gasteiger partial charge >= 0.3 is 24.1 Å². The highest BCUT2D eigenvalue weighted by molar-refractivity contribution is 5.96. The van der Waals surface area contributed by atoms with Crippen molar-refractivity contribution in [1.82, 2.24) is 111 Å². The molecule has 8 aliphatic rings. The number of carbonyl (C=O) groups is 6. The van der Waals surface area contributed by atoms with Crippen LogP contribution in [0.5, 0.6) is 0 Å². The van der Waals surface area contributed by atoms with E-state index in [1.165, 1.54) is 29.0 Å². The average Bonchev–Trinajstić information content (AvgIpc) is 1.60. The van der Waals surface area contributed by atoms with Crippen molar-refractivity contribution in [3.8, 4) is 0 Å². The van der Waals surface area contributed by atoms with Crippen molar-refractivity contribution in [2.45, 2.75) is 138 Å². The molecule has 3 aromatic carbocycles. The summed E-state index contributed by atoms with van der Waals surface area (Å²) in [6.45, 7) is 9.29. The van der Waals surface area contributed by atoms with Gasteiger partial charge in [-0.05, 0) is 22.2 Å². The summed E-state index contributed by atoms with van der Waals surface area (Å²) >= 11 is 0. The number of benzene rings is 3. The maximum Gasteiger partial charge on any atom is 0.345 e. The van der Waals surface area contributed by atoms with Crippen LogP contribution in [-0.2, 0) is 70.1 Å². The minimum atomic E-state index is -0.453. The molecule has 4 aromatic heterocycles. The highest BCUT2D eigenvalue weighted by Gasteiger charge is 2.56. The molecule has 630 valence electrons. The molecule has 0 saturated carbocycles. The first-order chi connectivity index (χ1) is 54.9. The minimum Gasteiger partial charge on any atom is -0.375 e. The van der Waals surface area contributed by atoms with E-state index in [9.17, 15) is 34.0 Å². The number of amidine groups is 4. The molecule has 117 heavy (non-hydrogen) atoms. The Morgan fingerprint density at radius 3 is 1.03 bits per heavy atom. The third-order valence-corrected chi connectivity index (χ3v) is 20.6. The lowest BCUT2D eigenvalue weighted by atomic mass is 9.97. The fraction of sp³-hybridized carbons (Fsp3) is 0.481. The first-order valence-electron chi connectivity index (χ1n) is 37.0. The summed E-state index contributed by atoms with van der Waals surface area (Å²) in [4.78, 5) is 119. The fourth-order valence-corrected chi connectivity index (χ4v) is 15.5. The normalized spacial score (nSPS) is 20.2. The van der Waals surface area contributed by atoms with Crippen molar-refractivity contribution >= 4 is 59.3 Å². The number of nitrogens with two attached hydrogens (primary N) is 1. The lowest BCUT2D eigenvalue weighted by Gasteiger charge is -2.32. The molecule has 0 unspecified atom stereocenters. The van der Waals surface area contributed by atoms with Crippen LogP contribution in [0.15, 0.2) is 141 Å². The van der Waals surface area contributed by atoms with Crippen LogP contribution in [-0.4, -0.2) is 252 Å². The molecule has 4 saturated heterocycles. The monoisotopic (exact) mass is 1620 g/mol. The molecule has 40 heteroatoms. The number of fused-ring (bicyclic) bond motifs is 16. The van der Waals surface area contributed by atoms with Gasteiger partial charge in [-0.25, -0.2) is 19.2 Å². The Morgan fingerprint density at radius 2 is 0.744 bits per heavy atom. The summed E-state index contributed by atoms with van der Waals surface area (Å²) in [6, 6.07) is 25.5. The summed E-state index contributed by atoms with van der Waals surface area (Å²) in [5.41, 5.74) is 24.4. The van der Waals surface area contributed by atoms with Crippen LogP contribution in [0, 0.1) is 0 Å². The molecule has 0 radical (unpaired) electrons. The number of nitrogens with one attached hydrogen (secondary N) is 6. The van der Waals surface area contributed by atoms with Gasteiger partial charge < -0.3 is 57.2 Å². The summed E-state index contributed by atoms with van der Waals surface area (Å²) in [7, 11) is 13.8. The van der Waals surface area contributed by atoms with Crippen LogP contribution in [0.25, 0.3) is 10.4 Å². The molecule has 8 bridgehead atoms. The van der Waals surface area contributed by atoms with Crippen molar-refractivity contribution in [2.24, 2.45) is 30.8 Å². The summed E-state index contributed by atoms with van der Waals surface area (Å²) < 4.78 is 7.25. The van der Waals surface area contributed by atoms with Gasteiger partial charge in [-0.15, -0.1) is 0 Å². The number of nitrogens with zero attached hydrogens (tertiary/aromatic N) is 23. The minimum absolute atomic E-state index is 0. The van der Waals surface area contributed by atoms with Crippen LogP contribution in [0.3, 0.4) is 0 Å². The first kappa shape index (κ1) is 90.1. The van der Waals surface area contributed by atoms with E-state index in [1.54, 1.807) is 96.9 Å². The molecule has 12 heterocycles. The second kappa shape index (κ2) is 40.7. The highest BCUT2D eigenvalue weighted by atomic mass is 16.7. The van der Waals surface area contributed by atoms with E-state index in [0.29, 0.717) is 115 Å². The topological polar surface area (TPSA) is 444 Å². The van der Waals surface area contributed by atoms with E-state index in [-0.39, 0.29) is 90.3 Å². The third-order valence-electron chi connectivity index (χ3n) is 20.6. The predicted molar refractivity (Wildman–Crippen MR) is 439 cm³/mol. The van der Waals surface area contributed by atoms with E-state index in [2.05, 4.69) is 82.3 Å². The summed E-state index contributed by atoms with van der Waals surface area (Å²) in [5.74, 6) is 2.43. The second-order valence-electron chi connectivity index (χ2n) is 27.0. The maximum atomic E-state index is 13.3. The number of aromatic nitrogens is 8. The van der Waals surface area contributed by atoms with E-state index in [0.717, 1.165) is 66.8 Å². The first-order valence-corrected chi connectivity index (χ1v) is 37.0. The average molecular weight is 1620 g/mol. The van der Waals surface area contributed by atoms with Gasteiger partial charge in [0.05, 0.1) is 93.4 Å². The number of amides is 10. The van der Waals surface area contributed by atoms with Crippen LogP contribution >= 0.6 is 0 Å². The molecule has 9 N–H and O–H groups in total. The number of rotatable bonds is 24. The molecule has 40 nitrogen and oxygen atoms in total. The molecule has 8 atom stereocenters. The maximum absolute atomic E-state index is 13.3. The predicted octanol–water partition coefficient (Wildman–Crippen LogP) is 6.73. The third kappa shape index (κ3) is 18.1. The highest BCUT2D eigenvalue weighted by Crippen LogP contribution is 2.48. The van der Waals surface area contributed by atoms with Crippen molar-refractivity contribution < 1.29 is 48.5 Å². The van der Waals surface area contributed by atoms with Gasteiger partial charge in [0, 0.05) is 130 Å². The van der Waals surface area contributed by atoms with E-state index < -0.39 is 30.2 Å².